The SMILES string of the molecule is CCN1CCCC(NCCCC(C)O)CC1. The third-order valence-electron chi connectivity index (χ3n) is 3.50. The second-order valence-electron chi connectivity index (χ2n) is 5.01. The molecule has 1 saturated heterocycles. The maximum Gasteiger partial charge on any atom is 0.0512 e. The van der Waals surface area contributed by atoms with E-state index in [1.165, 1.54) is 38.9 Å². The first-order valence-electron chi connectivity index (χ1n) is 6.86. The fourth-order valence-corrected chi connectivity index (χ4v) is 2.38. The van der Waals surface area contributed by atoms with Crippen molar-refractivity contribution in [2.24, 2.45) is 0 Å². The molecular formula is C13H28N2O. The Labute approximate surface area is 100 Å². The molecule has 3 nitrogen and oxygen atoms in total. The van der Waals surface area contributed by atoms with Crippen molar-refractivity contribution < 1.29 is 5.11 Å². The third kappa shape index (κ3) is 5.83. The molecule has 0 bridgehead atoms. The molecule has 0 amide bonds. The van der Waals surface area contributed by atoms with Gasteiger partial charge in [-0.2, -0.15) is 0 Å². The molecular weight excluding hydrogens is 200 g/mol. The zero-order valence-corrected chi connectivity index (χ0v) is 10.9. The monoisotopic (exact) mass is 228 g/mol. The van der Waals surface area contributed by atoms with E-state index in [9.17, 15) is 0 Å². The van der Waals surface area contributed by atoms with Crippen LogP contribution in [-0.2, 0) is 0 Å². The highest BCUT2D eigenvalue weighted by Gasteiger charge is 2.14. The molecule has 3 heteroatoms. The lowest BCUT2D eigenvalue weighted by atomic mass is 10.1. The minimum Gasteiger partial charge on any atom is -0.393 e. The lowest BCUT2D eigenvalue weighted by Gasteiger charge is -2.18. The zero-order valence-electron chi connectivity index (χ0n) is 10.9. The maximum atomic E-state index is 9.17. The first kappa shape index (κ1) is 13.9. The van der Waals surface area contributed by atoms with Crippen molar-refractivity contribution in [3.05, 3.63) is 0 Å². The standard InChI is InChI=1S/C13H28N2O/c1-3-15-10-5-7-13(8-11-15)14-9-4-6-12(2)16/h12-14,16H,3-11H2,1-2H3. The summed E-state index contributed by atoms with van der Waals surface area (Å²) in [5.74, 6) is 0. The summed E-state index contributed by atoms with van der Waals surface area (Å²) >= 11 is 0. The number of hydrogen-bond donors (Lipinski definition) is 2. The molecule has 1 aliphatic heterocycles. The van der Waals surface area contributed by atoms with Crippen LogP contribution in [0.1, 0.15) is 46.0 Å². The second-order valence-corrected chi connectivity index (χ2v) is 5.01. The van der Waals surface area contributed by atoms with E-state index in [0.29, 0.717) is 6.04 Å². The summed E-state index contributed by atoms with van der Waals surface area (Å²) in [6.45, 7) is 8.87. The van der Waals surface area contributed by atoms with Crippen LogP contribution in [0.25, 0.3) is 0 Å². The van der Waals surface area contributed by atoms with Crippen LogP contribution >= 0.6 is 0 Å². The molecule has 0 aromatic carbocycles. The van der Waals surface area contributed by atoms with E-state index in [1.807, 2.05) is 6.92 Å². The summed E-state index contributed by atoms with van der Waals surface area (Å²) in [5.41, 5.74) is 0. The molecule has 1 fully saturated rings. The molecule has 0 aromatic rings. The van der Waals surface area contributed by atoms with Gasteiger partial charge < -0.3 is 15.3 Å². The summed E-state index contributed by atoms with van der Waals surface area (Å²) in [5, 5.41) is 12.8. The molecule has 1 aliphatic rings. The molecule has 2 N–H and O–H groups in total. The van der Waals surface area contributed by atoms with Gasteiger partial charge in [0.1, 0.15) is 0 Å². The molecule has 0 saturated carbocycles. The van der Waals surface area contributed by atoms with Gasteiger partial charge in [0, 0.05) is 6.04 Å². The Balaban J connectivity index is 2.08. The summed E-state index contributed by atoms with van der Waals surface area (Å²) in [6, 6.07) is 0.700. The highest BCUT2D eigenvalue weighted by atomic mass is 16.3. The average Bonchev–Trinajstić information content (AvgIpc) is 2.49. The number of aliphatic hydroxyl groups is 1. The van der Waals surface area contributed by atoms with Crippen LogP contribution in [0.4, 0.5) is 0 Å². The number of aliphatic hydroxyl groups excluding tert-OH is 1. The fraction of sp³-hybridized carbons (Fsp3) is 1.00. The van der Waals surface area contributed by atoms with Crippen LogP contribution in [0.3, 0.4) is 0 Å². The largest absolute Gasteiger partial charge is 0.393 e. The van der Waals surface area contributed by atoms with Crippen molar-refractivity contribution >= 4 is 0 Å². The zero-order chi connectivity index (χ0) is 11.8. The minimum atomic E-state index is -0.147. The van der Waals surface area contributed by atoms with Gasteiger partial charge in [0.05, 0.1) is 6.10 Å². The van der Waals surface area contributed by atoms with Crippen LogP contribution in [0.5, 0.6) is 0 Å². The molecule has 96 valence electrons. The molecule has 0 aromatic heterocycles. The third-order valence-corrected chi connectivity index (χ3v) is 3.50. The molecule has 2 atom stereocenters. The van der Waals surface area contributed by atoms with Gasteiger partial charge in [0.2, 0.25) is 0 Å². The molecule has 1 heterocycles. The van der Waals surface area contributed by atoms with E-state index >= 15 is 0 Å². The van der Waals surface area contributed by atoms with E-state index in [-0.39, 0.29) is 6.10 Å². The highest BCUT2D eigenvalue weighted by Crippen LogP contribution is 2.10. The molecule has 16 heavy (non-hydrogen) atoms. The van der Waals surface area contributed by atoms with Crippen LogP contribution in [0.15, 0.2) is 0 Å². The topological polar surface area (TPSA) is 35.5 Å². The number of rotatable bonds is 6. The summed E-state index contributed by atoms with van der Waals surface area (Å²) in [6.07, 6.45) is 5.77. The van der Waals surface area contributed by atoms with E-state index in [0.717, 1.165) is 19.4 Å². The van der Waals surface area contributed by atoms with Gasteiger partial charge in [-0.15, -0.1) is 0 Å². The lowest BCUT2D eigenvalue weighted by molar-refractivity contribution is 0.180. The van der Waals surface area contributed by atoms with Gasteiger partial charge in [-0.3, -0.25) is 0 Å². The Morgan fingerprint density at radius 3 is 2.88 bits per heavy atom. The molecule has 1 rings (SSSR count). The molecule has 0 spiro atoms. The van der Waals surface area contributed by atoms with Gasteiger partial charge in [0.15, 0.2) is 0 Å². The van der Waals surface area contributed by atoms with Crippen LogP contribution in [0, 0.1) is 0 Å². The van der Waals surface area contributed by atoms with Crippen LogP contribution in [0.2, 0.25) is 0 Å². The molecule has 0 radical (unpaired) electrons. The van der Waals surface area contributed by atoms with Gasteiger partial charge in [-0.1, -0.05) is 6.92 Å². The van der Waals surface area contributed by atoms with Gasteiger partial charge in [0.25, 0.3) is 0 Å². The maximum absolute atomic E-state index is 9.17. The minimum absolute atomic E-state index is 0.147. The Morgan fingerprint density at radius 2 is 2.19 bits per heavy atom. The van der Waals surface area contributed by atoms with E-state index < -0.39 is 0 Å². The number of nitrogens with one attached hydrogen (secondary N) is 1. The quantitative estimate of drug-likeness (QED) is 0.678. The summed E-state index contributed by atoms with van der Waals surface area (Å²) in [7, 11) is 0. The Hall–Kier alpha value is -0.120. The van der Waals surface area contributed by atoms with E-state index in [2.05, 4.69) is 17.1 Å². The van der Waals surface area contributed by atoms with Crippen molar-refractivity contribution in [1.29, 1.82) is 0 Å². The van der Waals surface area contributed by atoms with Crippen molar-refractivity contribution in [3.8, 4) is 0 Å². The lowest BCUT2D eigenvalue weighted by Crippen LogP contribution is -2.31. The molecule has 2 unspecified atom stereocenters. The summed E-state index contributed by atoms with van der Waals surface area (Å²) in [4.78, 5) is 2.54. The predicted octanol–water partition coefficient (Wildman–Crippen LogP) is 1.61. The first-order chi connectivity index (χ1) is 7.72. The van der Waals surface area contributed by atoms with Crippen molar-refractivity contribution in [2.45, 2.75) is 58.1 Å². The smallest absolute Gasteiger partial charge is 0.0512 e. The second kappa shape index (κ2) is 8.04. The number of nitrogens with zero attached hydrogens (tertiary/aromatic N) is 1. The van der Waals surface area contributed by atoms with Crippen LogP contribution < -0.4 is 5.32 Å². The fourth-order valence-electron chi connectivity index (χ4n) is 2.38. The van der Waals surface area contributed by atoms with Crippen molar-refractivity contribution in [1.82, 2.24) is 10.2 Å². The summed E-state index contributed by atoms with van der Waals surface area (Å²) < 4.78 is 0. The van der Waals surface area contributed by atoms with Crippen molar-refractivity contribution in [3.63, 3.8) is 0 Å². The molecule has 0 aliphatic carbocycles. The van der Waals surface area contributed by atoms with E-state index in [4.69, 9.17) is 5.11 Å². The predicted molar refractivity (Wildman–Crippen MR) is 68.7 cm³/mol. The normalized spacial score (nSPS) is 25.3. The first-order valence-corrected chi connectivity index (χ1v) is 6.86. The van der Waals surface area contributed by atoms with Crippen LogP contribution in [-0.4, -0.2) is 48.3 Å². The van der Waals surface area contributed by atoms with Crippen molar-refractivity contribution in [2.75, 3.05) is 26.2 Å². The highest BCUT2D eigenvalue weighted by molar-refractivity contribution is 4.74. The number of likely N-dealkylation sites (tertiary alicyclic amines) is 1. The Kier molecular flexibility index (Phi) is 7.01. The van der Waals surface area contributed by atoms with Gasteiger partial charge in [-0.25, -0.2) is 0 Å². The van der Waals surface area contributed by atoms with Gasteiger partial charge >= 0.3 is 0 Å². The van der Waals surface area contributed by atoms with Gasteiger partial charge in [-0.05, 0) is 65.2 Å². The Morgan fingerprint density at radius 1 is 1.38 bits per heavy atom. The average molecular weight is 228 g/mol. The number of hydrogen-bond acceptors (Lipinski definition) is 3. The Bertz CT molecular complexity index is 173. The van der Waals surface area contributed by atoms with E-state index in [1.54, 1.807) is 0 Å².